The Balaban J connectivity index is 2.36. The van der Waals surface area contributed by atoms with Gasteiger partial charge in [0.2, 0.25) is 10.0 Å². The van der Waals surface area contributed by atoms with Crippen molar-refractivity contribution in [1.29, 1.82) is 0 Å². The Morgan fingerprint density at radius 3 is 2.50 bits per heavy atom. The highest BCUT2D eigenvalue weighted by Gasteiger charge is 2.35. The van der Waals surface area contributed by atoms with Crippen molar-refractivity contribution in [3.63, 3.8) is 0 Å². The molecular weight excluding hydrogens is 319 g/mol. The van der Waals surface area contributed by atoms with Crippen LogP contribution in [0.25, 0.3) is 0 Å². The monoisotopic (exact) mass is 336 g/mol. The minimum absolute atomic E-state index is 0.00587. The molecule has 0 amide bonds. The molecular formula is C13H18Cl2N2O2S. The largest absolute Gasteiger partial charge is 0.327 e. The van der Waals surface area contributed by atoms with E-state index in [1.807, 2.05) is 6.92 Å². The van der Waals surface area contributed by atoms with E-state index >= 15 is 0 Å². The molecule has 1 aromatic rings. The van der Waals surface area contributed by atoms with E-state index in [-0.39, 0.29) is 26.9 Å². The van der Waals surface area contributed by atoms with Gasteiger partial charge in [-0.05, 0) is 24.5 Å². The van der Waals surface area contributed by atoms with Gasteiger partial charge in [0.25, 0.3) is 0 Å². The van der Waals surface area contributed by atoms with Gasteiger partial charge >= 0.3 is 0 Å². The Bertz CT molecular complexity index is 572. The second kappa shape index (κ2) is 6.20. The van der Waals surface area contributed by atoms with Crippen LogP contribution in [0.1, 0.15) is 19.8 Å². The second-order valence-corrected chi connectivity index (χ2v) is 7.72. The molecule has 0 saturated carbocycles. The van der Waals surface area contributed by atoms with Crippen LogP contribution in [0.4, 0.5) is 0 Å². The molecule has 0 aromatic heterocycles. The highest BCUT2D eigenvalue weighted by atomic mass is 35.5. The van der Waals surface area contributed by atoms with Crippen molar-refractivity contribution in [3.05, 3.63) is 28.2 Å². The van der Waals surface area contributed by atoms with E-state index in [1.165, 1.54) is 16.4 Å². The number of hydrogen-bond donors (Lipinski definition) is 1. The molecule has 2 rings (SSSR count). The Kier molecular flexibility index (Phi) is 4.97. The van der Waals surface area contributed by atoms with Gasteiger partial charge < -0.3 is 5.73 Å². The molecule has 0 spiro atoms. The van der Waals surface area contributed by atoms with Crippen molar-refractivity contribution in [2.45, 2.75) is 30.7 Å². The molecule has 112 valence electrons. The molecule has 20 heavy (non-hydrogen) atoms. The quantitative estimate of drug-likeness (QED) is 0.922. The third-order valence-corrected chi connectivity index (χ3v) is 6.62. The summed E-state index contributed by atoms with van der Waals surface area (Å²) in [5.41, 5.74) is 6.02. The van der Waals surface area contributed by atoms with Crippen LogP contribution in [0.2, 0.25) is 10.0 Å². The van der Waals surface area contributed by atoms with E-state index < -0.39 is 10.0 Å². The van der Waals surface area contributed by atoms with Crippen molar-refractivity contribution in [2.24, 2.45) is 11.7 Å². The van der Waals surface area contributed by atoms with Gasteiger partial charge in [-0.2, -0.15) is 4.31 Å². The van der Waals surface area contributed by atoms with Crippen LogP contribution >= 0.6 is 23.2 Å². The number of nitrogens with two attached hydrogens (primary N) is 1. The molecule has 0 aliphatic carbocycles. The average Bonchev–Trinajstić information content (AvgIpc) is 2.38. The zero-order valence-electron chi connectivity index (χ0n) is 11.2. The summed E-state index contributed by atoms with van der Waals surface area (Å²) in [5, 5.41) is 0.306. The summed E-state index contributed by atoms with van der Waals surface area (Å²) in [6, 6.07) is 4.75. The fraction of sp³-hybridized carbons (Fsp3) is 0.538. The van der Waals surface area contributed by atoms with E-state index in [0.717, 1.165) is 6.42 Å². The maximum atomic E-state index is 12.7. The summed E-state index contributed by atoms with van der Waals surface area (Å²) in [5.74, 6) is 0.166. The van der Waals surface area contributed by atoms with E-state index in [4.69, 9.17) is 28.9 Å². The van der Waals surface area contributed by atoms with Crippen molar-refractivity contribution < 1.29 is 8.42 Å². The number of halogens is 2. The van der Waals surface area contributed by atoms with Crippen LogP contribution in [0.15, 0.2) is 23.1 Å². The molecule has 7 heteroatoms. The first kappa shape index (κ1) is 16.0. The first-order chi connectivity index (χ1) is 9.37. The van der Waals surface area contributed by atoms with Crippen LogP contribution in [-0.2, 0) is 10.0 Å². The van der Waals surface area contributed by atoms with E-state index in [0.29, 0.717) is 19.5 Å². The standard InChI is InChI=1S/C13H18Cl2N2O2S/c1-2-9-8-17(7-6-12(9)16)20(18,19)13-10(14)4-3-5-11(13)15/h3-5,9,12H,2,6-8,16H2,1H3. The van der Waals surface area contributed by atoms with Crippen molar-refractivity contribution >= 4 is 33.2 Å². The fourth-order valence-electron chi connectivity index (χ4n) is 2.53. The van der Waals surface area contributed by atoms with E-state index in [1.54, 1.807) is 6.07 Å². The normalized spacial score (nSPS) is 24.8. The maximum Gasteiger partial charge on any atom is 0.246 e. The van der Waals surface area contributed by atoms with E-state index in [9.17, 15) is 8.42 Å². The lowest BCUT2D eigenvalue weighted by molar-refractivity contribution is 0.230. The molecule has 1 heterocycles. The predicted octanol–water partition coefficient (Wildman–Crippen LogP) is 2.74. The molecule has 2 N–H and O–H groups in total. The Hall–Kier alpha value is -0.330. The summed E-state index contributed by atoms with van der Waals surface area (Å²) in [4.78, 5) is -0.00587. The van der Waals surface area contributed by atoms with Crippen molar-refractivity contribution in [2.75, 3.05) is 13.1 Å². The van der Waals surface area contributed by atoms with Gasteiger partial charge in [-0.25, -0.2) is 8.42 Å². The van der Waals surface area contributed by atoms with Crippen molar-refractivity contribution in [1.82, 2.24) is 4.31 Å². The minimum atomic E-state index is -3.68. The summed E-state index contributed by atoms with van der Waals surface area (Å²) >= 11 is 12.0. The summed E-state index contributed by atoms with van der Waals surface area (Å²) in [6.07, 6.45) is 1.50. The highest BCUT2D eigenvalue weighted by molar-refractivity contribution is 7.89. The lowest BCUT2D eigenvalue weighted by Gasteiger charge is -2.35. The highest BCUT2D eigenvalue weighted by Crippen LogP contribution is 2.33. The number of rotatable bonds is 3. The first-order valence-electron chi connectivity index (χ1n) is 6.57. The van der Waals surface area contributed by atoms with Crippen LogP contribution in [-0.4, -0.2) is 31.9 Å². The molecule has 1 aliphatic heterocycles. The SMILES string of the molecule is CCC1CN(S(=O)(=O)c2c(Cl)cccc2Cl)CCC1N. The predicted molar refractivity (Wildman–Crippen MR) is 81.6 cm³/mol. The summed E-state index contributed by atoms with van der Waals surface area (Å²) in [6.45, 7) is 2.84. The lowest BCUT2D eigenvalue weighted by atomic mass is 9.92. The molecule has 2 atom stereocenters. The average molecular weight is 337 g/mol. The molecule has 1 aromatic carbocycles. The molecule has 4 nitrogen and oxygen atoms in total. The van der Waals surface area contributed by atoms with E-state index in [2.05, 4.69) is 0 Å². The van der Waals surface area contributed by atoms with Gasteiger partial charge in [0.1, 0.15) is 4.90 Å². The van der Waals surface area contributed by atoms with Gasteiger partial charge in [-0.1, -0.05) is 42.6 Å². The van der Waals surface area contributed by atoms with Crippen LogP contribution < -0.4 is 5.73 Å². The third kappa shape index (κ3) is 2.97. The number of sulfonamides is 1. The maximum absolute atomic E-state index is 12.7. The fourth-order valence-corrected chi connectivity index (χ4v) is 5.13. The Labute approximate surface area is 129 Å². The molecule has 1 saturated heterocycles. The Morgan fingerprint density at radius 1 is 1.35 bits per heavy atom. The van der Waals surface area contributed by atoms with Gasteiger partial charge in [0, 0.05) is 19.1 Å². The molecule has 1 fully saturated rings. The number of hydrogen-bond acceptors (Lipinski definition) is 3. The minimum Gasteiger partial charge on any atom is -0.327 e. The second-order valence-electron chi connectivity index (χ2n) is 5.03. The Morgan fingerprint density at radius 2 is 1.95 bits per heavy atom. The molecule has 1 aliphatic rings. The molecule has 0 radical (unpaired) electrons. The van der Waals surface area contributed by atoms with Crippen LogP contribution in [0, 0.1) is 5.92 Å². The number of benzene rings is 1. The number of piperidine rings is 1. The van der Waals surface area contributed by atoms with Gasteiger partial charge in [0.15, 0.2) is 0 Å². The topological polar surface area (TPSA) is 63.4 Å². The number of nitrogens with zero attached hydrogens (tertiary/aromatic N) is 1. The zero-order chi connectivity index (χ0) is 14.9. The van der Waals surface area contributed by atoms with Gasteiger partial charge in [-0.15, -0.1) is 0 Å². The summed E-state index contributed by atoms with van der Waals surface area (Å²) < 4.78 is 26.9. The lowest BCUT2D eigenvalue weighted by Crippen LogP contribution is -2.48. The smallest absolute Gasteiger partial charge is 0.246 e. The zero-order valence-corrected chi connectivity index (χ0v) is 13.5. The van der Waals surface area contributed by atoms with Crippen LogP contribution in [0.5, 0.6) is 0 Å². The third-order valence-electron chi connectivity index (χ3n) is 3.80. The summed E-state index contributed by atoms with van der Waals surface area (Å²) in [7, 11) is -3.68. The van der Waals surface area contributed by atoms with Crippen molar-refractivity contribution in [3.8, 4) is 0 Å². The van der Waals surface area contributed by atoms with Gasteiger partial charge in [-0.3, -0.25) is 0 Å². The molecule has 2 unspecified atom stereocenters. The van der Waals surface area contributed by atoms with Gasteiger partial charge in [0.05, 0.1) is 10.0 Å². The first-order valence-corrected chi connectivity index (χ1v) is 8.77. The van der Waals surface area contributed by atoms with Crippen LogP contribution in [0.3, 0.4) is 0 Å². The molecule has 0 bridgehead atoms.